The number of carbonyl (C=O) groups excluding carboxylic acids is 2. The van der Waals surface area contributed by atoms with Gasteiger partial charge in [-0.2, -0.15) is 0 Å². The molecule has 2 unspecified atom stereocenters. The minimum absolute atomic E-state index is 0.118. The molecule has 0 heterocycles. The highest BCUT2D eigenvalue weighted by Crippen LogP contribution is 2.62. The number of hydrogen-bond donors (Lipinski definition) is 0. The molecule has 2 fully saturated rings. The lowest BCUT2D eigenvalue weighted by Crippen LogP contribution is -2.19. The van der Waals surface area contributed by atoms with Gasteiger partial charge in [0.15, 0.2) is 0 Å². The second-order valence-electron chi connectivity index (χ2n) is 8.88. The Morgan fingerprint density at radius 3 is 1.30 bits per heavy atom. The van der Waals surface area contributed by atoms with Crippen molar-refractivity contribution in [3.05, 3.63) is 23.3 Å². The molecule has 2 rings (SSSR count). The second kappa shape index (κ2) is 5.61. The molecule has 4 atom stereocenters. The molecule has 0 saturated heterocycles. The first-order valence-electron chi connectivity index (χ1n) is 8.46. The molecule has 0 spiro atoms. The van der Waals surface area contributed by atoms with Gasteiger partial charge < -0.3 is 4.74 Å². The van der Waals surface area contributed by atoms with Gasteiger partial charge in [-0.1, -0.05) is 51.0 Å². The van der Waals surface area contributed by atoms with Crippen LogP contribution in [0.4, 0.5) is 0 Å². The monoisotopic (exact) mass is 318 g/mol. The summed E-state index contributed by atoms with van der Waals surface area (Å²) < 4.78 is 5.26. The van der Waals surface area contributed by atoms with Crippen molar-refractivity contribution in [2.45, 2.75) is 55.4 Å². The fourth-order valence-corrected chi connectivity index (χ4v) is 3.82. The molecule has 23 heavy (non-hydrogen) atoms. The fraction of sp³-hybridized carbons (Fsp3) is 0.700. The highest BCUT2D eigenvalue weighted by Gasteiger charge is 2.64. The summed E-state index contributed by atoms with van der Waals surface area (Å²) in [7, 11) is 0. The molecule has 0 aliphatic heterocycles. The average Bonchev–Trinajstić information content (AvgIpc) is 3.08. The maximum absolute atomic E-state index is 12.4. The Hall–Kier alpha value is -1.38. The van der Waals surface area contributed by atoms with E-state index in [9.17, 15) is 9.59 Å². The van der Waals surface area contributed by atoms with Gasteiger partial charge in [-0.3, -0.25) is 9.59 Å². The first-order chi connectivity index (χ1) is 10.4. The topological polar surface area (TPSA) is 43.4 Å². The number of allylic oxidation sites excluding steroid dienone is 4. The maximum atomic E-state index is 12.4. The van der Waals surface area contributed by atoms with Gasteiger partial charge >= 0.3 is 11.9 Å². The van der Waals surface area contributed by atoms with E-state index in [1.165, 1.54) is 11.1 Å². The van der Waals surface area contributed by atoms with E-state index in [0.717, 1.165) is 0 Å². The molecule has 0 radical (unpaired) electrons. The van der Waals surface area contributed by atoms with Crippen molar-refractivity contribution in [3.8, 4) is 0 Å². The van der Waals surface area contributed by atoms with Gasteiger partial charge in [-0.15, -0.1) is 0 Å². The number of carbonyl (C=O) groups is 2. The normalized spacial score (nSPS) is 32.5. The molecule has 0 amide bonds. The van der Waals surface area contributed by atoms with E-state index in [0.29, 0.717) is 0 Å². The average molecular weight is 318 g/mol. The number of esters is 2. The highest BCUT2D eigenvalue weighted by molar-refractivity contribution is 5.92. The predicted molar refractivity (Wildman–Crippen MR) is 91.5 cm³/mol. The molecular formula is C20H30O3. The van der Waals surface area contributed by atoms with E-state index in [4.69, 9.17) is 4.74 Å². The smallest absolute Gasteiger partial charge is 0.317 e. The number of ether oxygens (including phenoxy) is 1. The van der Waals surface area contributed by atoms with E-state index >= 15 is 0 Å². The maximum Gasteiger partial charge on any atom is 0.317 e. The van der Waals surface area contributed by atoms with Gasteiger partial charge in [0, 0.05) is 0 Å². The molecule has 2 aliphatic rings. The Labute approximate surface area is 140 Å². The number of hydrogen-bond acceptors (Lipinski definition) is 3. The Bertz CT molecular complexity index is 532. The van der Waals surface area contributed by atoms with Crippen LogP contribution in [-0.2, 0) is 14.3 Å². The summed E-state index contributed by atoms with van der Waals surface area (Å²) in [4.78, 5) is 24.8. The zero-order valence-electron chi connectivity index (χ0n) is 15.7. The van der Waals surface area contributed by atoms with Gasteiger partial charge in [0.2, 0.25) is 0 Å². The molecule has 0 bridgehead atoms. The van der Waals surface area contributed by atoms with E-state index in [2.05, 4.69) is 39.8 Å². The molecule has 2 saturated carbocycles. The van der Waals surface area contributed by atoms with Crippen LogP contribution in [0.3, 0.4) is 0 Å². The van der Waals surface area contributed by atoms with Crippen LogP contribution < -0.4 is 0 Å². The summed E-state index contributed by atoms with van der Waals surface area (Å²) in [5.74, 6) is -0.778. The molecule has 0 N–H and O–H groups in total. The Morgan fingerprint density at radius 2 is 1.04 bits per heavy atom. The Kier molecular flexibility index (Phi) is 4.38. The second-order valence-corrected chi connectivity index (χ2v) is 8.88. The summed E-state index contributed by atoms with van der Waals surface area (Å²) in [5, 5.41) is 0. The third-order valence-electron chi connectivity index (χ3n) is 5.56. The van der Waals surface area contributed by atoms with Crippen LogP contribution in [0.25, 0.3) is 0 Å². The van der Waals surface area contributed by atoms with Crippen molar-refractivity contribution in [1.29, 1.82) is 0 Å². The van der Waals surface area contributed by atoms with Crippen molar-refractivity contribution in [2.75, 3.05) is 0 Å². The quantitative estimate of drug-likeness (QED) is 0.434. The van der Waals surface area contributed by atoms with Crippen molar-refractivity contribution in [2.24, 2.45) is 34.5 Å². The molecule has 0 aromatic heterocycles. The van der Waals surface area contributed by atoms with Crippen molar-refractivity contribution < 1.29 is 14.3 Å². The van der Waals surface area contributed by atoms with E-state index in [1.54, 1.807) is 0 Å². The SMILES string of the molecule is CC(C)=CC1[C@@H](C(=O)OC(=O)[C@@H]2C(C=C(C)C)C2(C)C)C1(C)C. The summed E-state index contributed by atoms with van der Waals surface area (Å²) in [5.41, 5.74) is 2.15. The van der Waals surface area contributed by atoms with Gasteiger partial charge in [0.1, 0.15) is 0 Å². The fourth-order valence-electron chi connectivity index (χ4n) is 3.82. The molecule has 128 valence electrons. The van der Waals surface area contributed by atoms with Crippen molar-refractivity contribution in [3.63, 3.8) is 0 Å². The third kappa shape index (κ3) is 3.29. The van der Waals surface area contributed by atoms with Crippen molar-refractivity contribution in [1.82, 2.24) is 0 Å². The largest absolute Gasteiger partial charge is 0.393 e. The Balaban J connectivity index is 2.01. The van der Waals surface area contributed by atoms with Crippen LogP contribution in [0, 0.1) is 34.5 Å². The van der Waals surface area contributed by atoms with E-state index in [-0.39, 0.29) is 46.4 Å². The molecule has 3 nitrogen and oxygen atoms in total. The van der Waals surface area contributed by atoms with Gasteiger partial charge in [0.25, 0.3) is 0 Å². The minimum Gasteiger partial charge on any atom is -0.393 e. The van der Waals surface area contributed by atoms with Crippen LogP contribution in [-0.4, -0.2) is 11.9 Å². The molecule has 2 aliphatic carbocycles. The van der Waals surface area contributed by atoms with Crippen LogP contribution >= 0.6 is 0 Å². The first kappa shape index (κ1) is 18.0. The Morgan fingerprint density at radius 1 is 0.739 bits per heavy atom. The molecule has 0 aromatic carbocycles. The highest BCUT2D eigenvalue weighted by atomic mass is 16.6. The van der Waals surface area contributed by atoms with Crippen LogP contribution in [0.5, 0.6) is 0 Å². The third-order valence-corrected chi connectivity index (χ3v) is 5.56. The van der Waals surface area contributed by atoms with Gasteiger partial charge in [-0.05, 0) is 50.4 Å². The zero-order chi connectivity index (χ0) is 17.7. The first-order valence-corrected chi connectivity index (χ1v) is 8.46. The van der Waals surface area contributed by atoms with Crippen molar-refractivity contribution >= 4 is 11.9 Å². The van der Waals surface area contributed by atoms with E-state index < -0.39 is 0 Å². The summed E-state index contributed by atoms with van der Waals surface area (Å²) in [6.45, 7) is 16.3. The van der Waals surface area contributed by atoms with E-state index in [1.807, 2.05) is 27.7 Å². The molecule has 0 aromatic rings. The lowest BCUT2D eigenvalue weighted by Gasteiger charge is -2.05. The lowest BCUT2D eigenvalue weighted by molar-refractivity contribution is -0.162. The van der Waals surface area contributed by atoms with Crippen LogP contribution in [0.1, 0.15) is 55.4 Å². The standard InChI is InChI=1S/C20H30O3/c1-11(2)9-13-15(19(13,5)6)17(21)23-18(22)16-14(10-12(3)4)20(16,7)8/h9-10,13-16H,1-8H3/t13?,14?,15-,16-/m0/s1. The molecule has 3 heteroatoms. The lowest BCUT2D eigenvalue weighted by atomic mass is 10.1. The van der Waals surface area contributed by atoms with Gasteiger partial charge in [-0.25, -0.2) is 0 Å². The minimum atomic E-state index is -0.360. The summed E-state index contributed by atoms with van der Waals surface area (Å²) in [6, 6.07) is 0. The van der Waals surface area contributed by atoms with Gasteiger partial charge in [0.05, 0.1) is 11.8 Å². The summed E-state index contributed by atoms with van der Waals surface area (Å²) in [6.07, 6.45) is 4.23. The molecular weight excluding hydrogens is 288 g/mol. The van der Waals surface area contributed by atoms with Crippen LogP contribution in [0.2, 0.25) is 0 Å². The summed E-state index contributed by atoms with van der Waals surface area (Å²) >= 11 is 0. The predicted octanol–water partition coefficient (Wildman–Crippen LogP) is 4.53. The zero-order valence-corrected chi connectivity index (χ0v) is 15.7. The number of rotatable bonds is 4. The van der Waals surface area contributed by atoms with Crippen LogP contribution in [0.15, 0.2) is 23.3 Å².